The van der Waals surface area contributed by atoms with Crippen molar-refractivity contribution in [1.29, 1.82) is 0 Å². The van der Waals surface area contributed by atoms with E-state index in [4.69, 9.17) is 15.3 Å². The summed E-state index contributed by atoms with van der Waals surface area (Å²) in [4.78, 5) is 0. The first kappa shape index (κ1) is 17.3. The maximum absolute atomic E-state index is 8.17. The molecular weight excluding hydrogens is 162 g/mol. The van der Waals surface area contributed by atoms with E-state index in [1.165, 1.54) is 0 Å². The van der Waals surface area contributed by atoms with Gasteiger partial charge in [-0.3, -0.25) is 0 Å². The first-order valence-electron chi connectivity index (χ1n) is 1.71. The van der Waals surface area contributed by atoms with Crippen molar-refractivity contribution in [3.8, 4) is 0 Å². The summed E-state index contributed by atoms with van der Waals surface area (Å²) < 4.78 is 0. The quantitative estimate of drug-likeness (QED) is 0.404. The Morgan fingerprint density at radius 3 is 1.25 bits per heavy atom. The Hall–Kier alpha value is 3.15. The van der Waals surface area contributed by atoms with E-state index in [2.05, 4.69) is 0 Å². The molecule has 3 N–H and O–H groups in total. The van der Waals surface area contributed by atoms with Gasteiger partial charge >= 0.3 is 0 Å². The zero-order valence-electron chi connectivity index (χ0n) is 5.33. The van der Waals surface area contributed by atoms with Crippen LogP contribution in [-0.4, -0.2) is 137 Å². The zero-order valence-corrected chi connectivity index (χ0v) is 11.6. The second-order valence-corrected chi connectivity index (χ2v) is 1.02. The van der Waals surface area contributed by atoms with Gasteiger partial charge in [0.05, 0.1) is 13.2 Å². The van der Waals surface area contributed by atoms with Crippen LogP contribution >= 0.6 is 0 Å². The van der Waals surface area contributed by atoms with Crippen LogP contribution < -0.4 is 0 Å². The van der Waals surface area contributed by atoms with Crippen LogP contribution in [0.3, 0.4) is 0 Å². The fourth-order valence-corrected chi connectivity index (χ4v) is 0.0577. The van der Waals surface area contributed by atoms with Crippen LogP contribution in [0.15, 0.2) is 0 Å². The van der Waals surface area contributed by atoms with E-state index in [1.54, 1.807) is 0 Å². The molecule has 0 unspecified atom stereocenters. The minimum absolute atomic E-state index is 0. The van der Waals surface area contributed by atoms with Crippen molar-refractivity contribution < 1.29 is 15.3 Å². The van der Waals surface area contributed by atoms with Crippen molar-refractivity contribution in [2.24, 2.45) is 0 Å². The topological polar surface area (TPSA) is 60.7 Å². The van der Waals surface area contributed by atoms with Crippen LogP contribution in [0.1, 0.15) is 0 Å². The number of aliphatic hydroxyl groups excluding tert-OH is 3. The number of hydrogen-bond donors (Lipinski definition) is 3. The molecule has 0 amide bonds. The number of aliphatic hydroxyl groups is 3. The fourth-order valence-electron chi connectivity index (χ4n) is 0.0577. The molecule has 0 bridgehead atoms. The molecule has 3 nitrogen and oxygen atoms in total. The molecule has 40 valence electrons. The molecule has 0 aliphatic rings. The van der Waals surface area contributed by atoms with Gasteiger partial charge in [-0.1, -0.05) is 0 Å². The third kappa shape index (κ3) is 11.9. The van der Waals surface area contributed by atoms with Gasteiger partial charge in [0, 0.05) is 103 Å². The SMILES string of the molecule is OCC(O)CO.[K].[K]. The van der Waals surface area contributed by atoms with Gasteiger partial charge in [-0.2, -0.15) is 0 Å². The predicted octanol–water partition coefficient (Wildman–Crippen LogP) is -2.43. The Bertz CT molecular complexity index is 31.7. The molecule has 2 radical (unpaired) electrons. The predicted molar refractivity (Wildman–Crippen MR) is 31.7 cm³/mol. The molecule has 0 rings (SSSR count). The van der Waals surface area contributed by atoms with Gasteiger partial charge in [0.1, 0.15) is 6.10 Å². The Labute approximate surface area is 134 Å². The van der Waals surface area contributed by atoms with Crippen LogP contribution in [0, 0.1) is 0 Å². The van der Waals surface area contributed by atoms with Crippen molar-refractivity contribution >= 4 is 103 Å². The van der Waals surface area contributed by atoms with Crippen molar-refractivity contribution in [3.63, 3.8) is 0 Å². The zero-order chi connectivity index (χ0) is 4.99. The third-order valence-electron chi connectivity index (χ3n) is 0.421. The standard InChI is InChI=1S/C3H8O3.2K/c4-1-3(6)2-5;;/h3-6H,1-2H2;;. The first-order valence-corrected chi connectivity index (χ1v) is 1.71. The fraction of sp³-hybridized carbons (Fsp3) is 1.00. The molecule has 0 aromatic rings. The molecule has 0 fully saturated rings. The van der Waals surface area contributed by atoms with Crippen LogP contribution in [0.5, 0.6) is 0 Å². The first-order chi connectivity index (χ1) is 2.81. The van der Waals surface area contributed by atoms with E-state index < -0.39 is 6.10 Å². The van der Waals surface area contributed by atoms with Crippen LogP contribution in [0.25, 0.3) is 0 Å². The second kappa shape index (κ2) is 12.8. The van der Waals surface area contributed by atoms with Gasteiger partial charge in [0.2, 0.25) is 0 Å². The van der Waals surface area contributed by atoms with E-state index in [9.17, 15) is 0 Å². The van der Waals surface area contributed by atoms with Crippen molar-refractivity contribution in [2.75, 3.05) is 13.2 Å². The molecule has 0 aromatic carbocycles. The maximum Gasteiger partial charge on any atom is 0.100 e. The molecule has 0 aromatic heterocycles. The summed E-state index contributed by atoms with van der Waals surface area (Å²) in [5.41, 5.74) is 0. The molecule has 0 atom stereocenters. The number of rotatable bonds is 2. The normalized spacial score (nSPS) is 7.50. The third-order valence-corrected chi connectivity index (χ3v) is 0.421. The molecule has 0 saturated heterocycles. The average Bonchev–Trinajstić information content (AvgIpc) is 1.65. The van der Waals surface area contributed by atoms with Gasteiger partial charge in [0.25, 0.3) is 0 Å². The van der Waals surface area contributed by atoms with Crippen LogP contribution in [-0.2, 0) is 0 Å². The van der Waals surface area contributed by atoms with Crippen molar-refractivity contribution in [1.82, 2.24) is 0 Å². The van der Waals surface area contributed by atoms with E-state index in [-0.39, 0.29) is 116 Å². The molecule has 0 aliphatic heterocycles. The summed E-state index contributed by atoms with van der Waals surface area (Å²) in [5, 5.41) is 24.0. The largest absolute Gasteiger partial charge is 0.394 e. The summed E-state index contributed by atoms with van der Waals surface area (Å²) in [7, 11) is 0. The van der Waals surface area contributed by atoms with E-state index >= 15 is 0 Å². The van der Waals surface area contributed by atoms with Gasteiger partial charge in [-0.05, 0) is 0 Å². The molecule has 0 heterocycles. The van der Waals surface area contributed by atoms with E-state index in [0.717, 1.165) is 0 Å². The minimum atomic E-state index is -0.954. The van der Waals surface area contributed by atoms with Gasteiger partial charge in [-0.25, -0.2) is 0 Å². The minimum Gasteiger partial charge on any atom is -0.394 e. The summed E-state index contributed by atoms with van der Waals surface area (Å²) in [6, 6.07) is 0. The molecule has 5 heteroatoms. The molecule has 8 heavy (non-hydrogen) atoms. The Kier molecular flexibility index (Phi) is 27.7. The molecular formula is C3H8K2O3. The molecule has 0 saturated carbocycles. The smallest absolute Gasteiger partial charge is 0.100 e. The van der Waals surface area contributed by atoms with Gasteiger partial charge < -0.3 is 15.3 Å². The Morgan fingerprint density at radius 1 is 1.00 bits per heavy atom. The monoisotopic (exact) mass is 170 g/mol. The summed E-state index contributed by atoms with van der Waals surface area (Å²) in [5.74, 6) is 0. The number of hydrogen-bond acceptors (Lipinski definition) is 3. The Balaban J connectivity index is -0.000000125. The second-order valence-electron chi connectivity index (χ2n) is 1.02. The van der Waals surface area contributed by atoms with Crippen molar-refractivity contribution in [2.45, 2.75) is 6.10 Å². The van der Waals surface area contributed by atoms with E-state index in [0.29, 0.717) is 0 Å². The van der Waals surface area contributed by atoms with Crippen molar-refractivity contribution in [3.05, 3.63) is 0 Å². The van der Waals surface area contributed by atoms with Gasteiger partial charge in [0.15, 0.2) is 0 Å². The maximum atomic E-state index is 8.17. The summed E-state index contributed by atoms with van der Waals surface area (Å²) in [6.07, 6.45) is -0.954. The van der Waals surface area contributed by atoms with Crippen LogP contribution in [0.2, 0.25) is 0 Å². The Morgan fingerprint density at radius 2 is 1.25 bits per heavy atom. The average molecular weight is 170 g/mol. The summed E-state index contributed by atoms with van der Waals surface area (Å²) in [6.45, 7) is -0.729. The molecule has 0 aliphatic carbocycles. The van der Waals surface area contributed by atoms with Crippen LogP contribution in [0.4, 0.5) is 0 Å². The van der Waals surface area contributed by atoms with E-state index in [1.807, 2.05) is 0 Å². The summed E-state index contributed by atoms with van der Waals surface area (Å²) >= 11 is 0. The van der Waals surface area contributed by atoms with Gasteiger partial charge in [-0.15, -0.1) is 0 Å². The molecule has 0 spiro atoms.